The third kappa shape index (κ3) is 3.95. The van der Waals surface area contributed by atoms with Crippen LogP contribution in [0.4, 0.5) is 0 Å². The van der Waals surface area contributed by atoms with Gasteiger partial charge < -0.3 is 5.32 Å². The van der Waals surface area contributed by atoms with Crippen molar-refractivity contribution in [3.63, 3.8) is 0 Å². The SMILES string of the molecule is C[C@H](NC(=O)Cn1nnc(CCN2C(=O)c3ccccc3C2=O)n1)c1ccccc1. The monoisotopic (exact) mass is 404 g/mol. The quantitative estimate of drug-likeness (QED) is 0.596. The van der Waals surface area contributed by atoms with Gasteiger partial charge in [-0.1, -0.05) is 42.5 Å². The molecule has 152 valence electrons. The highest BCUT2D eigenvalue weighted by molar-refractivity contribution is 6.21. The van der Waals surface area contributed by atoms with Gasteiger partial charge in [0, 0.05) is 13.0 Å². The minimum absolute atomic E-state index is 0.0722. The maximum absolute atomic E-state index is 12.4. The lowest BCUT2D eigenvalue weighted by atomic mass is 10.1. The van der Waals surface area contributed by atoms with Crippen LogP contribution >= 0.6 is 0 Å². The largest absolute Gasteiger partial charge is 0.348 e. The number of carbonyl (C=O) groups is 3. The molecular formula is C21H20N6O3. The van der Waals surface area contributed by atoms with Gasteiger partial charge in [0.25, 0.3) is 11.8 Å². The van der Waals surface area contributed by atoms with Crippen LogP contribution in [0.15, 0.2) is 54.6 Å². The highest BCUT2D eigenvalue weighted by atomic mass is 16.2. The number of rotatable bonds is 7. The van der Waals surface area contributed by atoms with Crippen molar-refractivity contribution in [1.29, 1.82) is 0 Å². The number of aromatic nitrogens is 4. The second-order valence-electron chi connectivity index (χ2n) is 6.99. The molecule has 9 heteroatoms. The van der Waals surface area contributed by atoms with Crippen molar-refractivity contribution in [3.05, 3.63) is 77.1 Å². The first-order valence-electron chi connectivity index (χ1n) is 9.59. The average Bonchev–Trinajstić information content (AvgIpc) is 3.30. The van der Waals surface area contributed by atoms with Gasteiger partial charge in [-0.25, -0.2) is 0 Å². The van der Waals surface area contributed by atoms with E-state index < -0.39 is 0 Å². The van der Waals surface area contributed by atoms with Crippen molar-refractivity contribution in [2.45, 2.75) is 25.9 Å². The van der Waals surface area contributed by atoms with E-state index in [9.17, 15) is 14.4 Å². The summed E-state index contributed by atoms with van der Waals surface area (Å²) in [7, 11) is 0. The number of nitrogens with zero attached hydrogens (tertiary/aromatic N) is 5. The summed E-state index contributed by atoms with van der Waals surface area (Å²) in [5.74, 6) is -0.527. The van der Waals surface area contributed by atoms with E-state index in [0.29, 0.717) is 17.0 Å². The van der Waals surface area contributed by atoms with Crippen molar-refractivity contribution in [1.82, 2.24) is 30.4 Å². The number of carbonyl (C=O) groups excluding carboxylic acids is 3. The van der Waals surface area contributed by atoms with Crippen LogP contribution < -0.4 is 5.32 Å². The summed E-state index contributed by atoms with van der Waals surface area (Å²) >= 11 is 0. The molecule has 30 heavy (non-hydrogen) atoms. The Kier molecular flexibility index (Phi) is 5.34. The van der Waals surface area contributed by atoms with Crippen molar-refractivity contribution in [2.75, 3.05) is 6.54 Å². The molecular weight excluding hydrogens is 384 g/mol. The van der Waals surface area contributed by atoms with E-state index in [0.717, 1.165) is 5.56 Å². The second-order valence-corrected chi connectivity index (χ2v) is 6.99. The number of hydrogen-bond donors (Lipinski definition) is 1. The van der Waals surface area contributed by atoms with E-state index in [1.165, 1.54) is 9.70 Å². The summed E-state index contributed by atoms with van der Waals surface area (Å²) in [5.41, 5.74) is 1.81. The molecule has 9 nitrogen and oxygen atoms in total. The molecule has 0 fully saturated rings. The van der Waals surface area contributed by atoms with Gasteiger partial charge in [-0.15, -0.1) is 10.2 Å². The Bertz CT molecular complexity index is 1060. The predicted molar refractivity (Wildman–Crippen MR) is 106 cm³/mol. The van der Waals surface area contributed by atoms with E-state index in [1.807, 2.05) is 37.3 Å². The maximum atomic E-state index is 12.4. The standard InChI is InChI=1S/C21H20N6O3/c1-14(15-7-3-2-4-8-15)22-19(28)13-27-24-18(23-25-27)11-12-26-20(29)16-9-5-6-10-17(16)21(26)30/h2-10,14H,11-13H2,1H3,(H,22,28)/t14-/m0/s1. The molecule has 1 aliphatic rings. The average molecular weight is 404 g/mol. The van der Waals surface area contributed by atoms with Crippen LogP contribution in [0, 0.1) is 0 Å². The third-order valence-electron chi connectivity index (χ3n) is 4.89. The molecule has 3 amide bonds. The summed E-state index contributed by atoms with van der Waals surface area (Å²) in [4.78, 5) is 39.4. The smallest absolute Gasteiger partial charge is 0.261 e. The molecule has 4 rings (SSSR count). The number of tetrazole rings is 1. The predicted octanol–water partition coefficient (Wildman–Crippen LogP) is 1.39. The Balaban J connectivity index is 1.31. The van der Waals surface area contributed by atoms with E-state index in [4.69, 9.17) is 0 Å². The normalized spacial score (nSPS) is 14.0. The van der Waals surface area contributed by atoms with Gasteiger partial charge in [-0.3, -0.25) is 19.3 Å². The summed E-state index contributed by atoms with van der Waals surface area (Å²) in [5, 5.41) is 14.9. The minimum Gasteiger partial charge on any atom is -0.348 e. The summed E-state index contributed by atoms with van der Waals surface area (Å²) < 4.78 is 0. The second kappa shape index (κ2) is 8.24. The van der Waals surface area contributed by atoms with Gasteiger partial charge in [-0.05, 0) is 29.8 Å². The van der Waals surface area contributed by atoms with Crippen molar-refractivity contribution in [3.8, 4) is 0 Å². The number of amides is 3. The number of imide groups is 1. The zero-order chi connectivity index (χ0) is 21.1. The lowest BCUT2D eigenvalue weighted by Gasteiger charge is -2.13. The van der Waals surface area contributed by atoms with Gasteiger partial charge >= 0.3 is 0 Å². The van der Waals surface area contributed by atoms with Gasteiger partial charge in [0.2, 0.25) is 5.91 Å². The van der Waals surface area contributed by atoms with Gasteiger partial charge in [0.15, 0.2) is 5.82 Å². The fourth-order valence-corrected chi connectivity index (χ4v) is 3.34. The van der Waals surface area contributed by atoms with E-state index in [2.05, 4.69) is 20.7 Å². The first-order chi connectivity index (χ1) is 14.5. The number of fused-ring (bicyclic) bond motifs is 1. The molecule has 2 aromatic carbocycles. The molecule has 0 saturated heterocycles. The molecule has 1 aliphatic heterocycles. The Labute approximate surface area is 172 Å². The van der Waals surface area contributed by atoms with Crippen molar-refractivity contribution >= 4 is 17.7 Å². The summed E-state index contributed by atoms with van der Waals surface area (Å²) in [6, 6.07) is 16.2. The zero-order valence-electron chi connectivity index (χ0n) is 16.4. The molecule has 0 unspecified atom stereocenters. The molecule has 0 aliphatic carbocycles. The van der Waals surface area contributed by atoms with Crippen molar-refractivity contribution < 1.29 is 14.4 Å². The molecule has 0 radical (unpaired) electrons. The van der Waals surface area contributed by atoms with E-state index >= 15 is 0 Å². The third-order valence-corrected chi connectivity index (χ3v) is 4.89. The molecule has 1 atom stereocenters. The van der Waals surface area contributed by atoms with E-state index in [1.54, 1.807) is 24.3 Å². The van der Waals surface area contributed by atoms with Gasteiger partial charge in [0.1, 0.15) is 6.54 Å². The number of benzene rings is 2. The first kappa shape index (κ1) is 19.4. The van der Waals surface area contributed by atoms with Crippen molar-refractivity contribution in [2.24, 2.45) is 0 Å². The van der Waals surface area contributed by atoms with Crippen LogP contribution in [0.25, 0.3) is 0 Å². The maximum Gasteiger partial charge on any atom is 0.261 e. The first-order valence-corrected chi connectivity index (χ1v) is 9.59. The molecule has 3 aromatic rings. The Morgan fingerprint density at radius 1 is 1.00 bits per heavy atom. The van der Waals surface area contributed by atoms with E-state index in [-0.39, 0.29) is 43.3 Å². The Hall–Kier alpha value is -3.88. The van der Waals surface area contributed by atoms with Crippen LogP contribution in [-0.2, 0) is 17.8 Å². The fourth-order valence-electron chi connectivity index (χ4n) is 3.34. The lowest BCUT2D eigenvalue weighted by molar-refractivity contribution is -0.122. The minimum atomic E-state index is -0.322. The molecule has 0 spiro atoms. The highest BCUT2D eigenvalue weighted by Gasteiger charge is 2.34. The molecule has 0 bridgehead atoms. The van der Waals surface area contributed by atoms with Crippen LogP contribution in [0.5, 0.6) is 0 Å². The Morgan fingerprint density at radius 3 is 2.30 bits per heavy atom. The van der Waals surface area contributed by atoms with Gasteiger partial charge in [0.05, 0.1) is 17.2 Å². The molecule has 2 heterocycles. The van der Waals surface area contributed by atoms with Crippen LogP contribution in [-0.4, -0.2) is 49.4 Å². The number of hydrogen-bond acceptors (Lipinski definition) is 6. The van der Waals surface area contributed by atoms with Gasteiger partial charge in [-0.2, -0.15) is 4.80 Å². The molecule has 1 N–H and O–H groups in total. The van der Waals surface area contributed by atoms with Crippen LogP contribution in [0.3, 0.4) is 0 Å². The molecule has 1 aromatic heterocycles. The number of nitrogens with one attached hydrogen (secondary N) is 1. The Morgan fingerprint density at radius 2 is 1.63 bits per heavy atom. The van der Waals surface area contributed by atoms with Crippen LogP contribution in [0.1, 0.15) is 45.1 Å². The molecule has 0 saturated carbocycles. The van der Waals surface area contributed by atoms with Crippen LogP contribution in [0.2, 0.25) is 0 Å². The fraction of sp³-hybridized carbons (Fsp3) is 0.238. The summed E-state index contributed by atoms with van der Waals surface area (Å²) in [6.45, 7) is 1.97. The topological polar surface area (TPSA) is 110 Å². The summed E-state index contributed by atoms with van der Waals surface area (Å²) in [6.07, 6.45) is 0.257. The lowest BCUT2D eigenvalue weighted by Crippen LogP contribution is -2.32. The highest BCUT2D eigenvalue weighted by Crippen LogP contribution is 2.22. The zero-order valence-corrected chi connectivity index (χ0v) is 16.4.